The van der Waals surface area contributed by atoms with E-state index in [2.05, 4.69) is 26.3 Å². The van der Waals surface area contributed by atoms with Gasteiger partial charge in [-0.15, -0.1) is 0 Å². The van der Waals surface area contributed by atoms with Gasteiger partial charge in [-0.3, -0.25) is 9.48 Å². The number of anilines is 1. The molecule has 2 aromatic rings. The molecule has 1 heterocycles. The second-order valence-corrected chi connectivity index (χ2v) is 5.20. The van der Waals surface area contributed by atoms with Gasteiger partial charge in [0.1, 0.15) is 5.69 Å². The summed E-state index contributed by atoms with van der Waals surface area (Å²) in [5.41, 5.74) is 1.63. The lowest BCUT2D eigenvalue weighted by Crippen LogP contribution is -2.16. The highest BCUT2D eigenvalue weighted by Gasteiger charge is 2.13. The van der Waals surface area contributed by atoms with Crippen LogP contribution in [0, 0.1) is 6.92 Å². The molecular formula is C13H12BrN3O3. The van der Waals surface area contributed by atoms with E-state index in [1.165, 1.54) is 16.8 Å². The number of hydrogen-bond acceptors (Lipinski definition) is 3. The monoisotopic (exact) mass is 337 g/mol. The first-order valence-electron chi connectivity index (χ1n) is 5.72. The Bertz CT molecular complexity index is 694. The molecule has 6 nitrogen and oxygen atoms in total. The van der Waals surface area contributed by atoms with Crippen LogP contribution < -0.4 is 5.32 Å². The number of carbonyl (C=O) groups excluding carboxylic acids is 1. The molecule has 0 radical (unpaired) electrons. The van der Waals surface area contributed by atoms with Gasteiger partial charge in [0, 0.05) is 17.2 Å². The van der Waals surface area contributed by atoms with Crippen molar-refractivity contribution in [1.82, 2.24) is 9.78 Å². The number of nitrogens with one attached hydrogen (secondary N) is 1. The molecule has 0 unspecified atom stereocenters. The minimum atomic E-state index is -1.06. The third-order valence-corrected chi connectivity index (χ3v) is 3.10. The molecule has 1 amide bonds. The van der Waals surface area contributed by atoms with Crippen LogP contribution in [-0.2, 0) is 7.05 Å². The van der Waals surface area contributed by atoms with Crippen LogP contribution in [0.2, 0.25) is 0 Å². The lowest BCUT2D eigenvalue weighted by molar-refractivity contribution is 0.0696. The highest BCUT2D eigenvalue weighted by atomic mass is 79.9. The summed E-state index contributed by atoms with van der Waals surface area (Å²) in [6.07, 6.45) is 0. The van der Waals surface area contributed by atoms with Crippen LogP contribution in [0.1, 0.15) is 26.5 Å². The Kier molecular flexibility index (Phi) is 3.89. The predicted octanol–water partition coefficient (Wildman–Crippen LogP) is 2.44. The number of halogens is 1. The number of hydrogen-bond donors (Lipinski definition) is 2. The maximum atomic E-state index is 12.1. The average Bonchev–Trinajstić information content (AvgIpc) is 2.67. The van der Waals surface area contributed by atoms with Crippen molar-refractivity contribution in [2.75, 3.05) is 5.32 Å². The number of carbonyl (C=O) groups is 2. The molecule has 0 saturated heterocycles. The van der Waals surface area contributed by atoms with Crippen molar-refractivity contribution in [3.63, 3.8) is 0 Å². The summed E-state index contributed by atoms with van der Waals surface area (Å²) in [5.74, 6) is -1.40. The summed E-state index contributed by atoms with van der Waals surface area (Å²) >= 11 is 3.21. The van der Waals surface area contributed by atoms with Gasteiger partial charge in [-0.2, -0.15) is 5.10 Å². The van der Waals surface area contributed by atoms with Crippen LogP contribution in [0.15, 0.2) is 28.7 Å². The van der Waals surface area contributed by atoms with E-state index >= 15 is 0 Å². The van der Waals surface area contributed by atoms with E-state index in [0.29, 0.717) is 15.9 Å². The summed E-state index contributed by atoms with van der Waals surface area (Å²) < 4.78 is 2.05. The fraction of sp³-hybridized carbons (Fsp3) is 0.154. The summed E-state index contributed by atoms with van der Waals surface area (Å²) in [5, 5.41) is 15.7. The van der Waals surface area contributed by atoms with Crippen molar-refractivity contribution >= 4 is 33.5 Å². The fourth-order valence-corrected chi connectivity index (χ4v) is 2.30. The molecule has 0 fully saturated rings. The van der Waals surface area contributed by atoms with Crippen LogP contribution in [0.25, 0.3) is 0 Å². The number of aromatic carboxylic acids is 1. The Morgan fingerprint density at radius 3 is 2.55 bits per heavy atom. The molecule has 104 valence electrons. The zero-order valence-electron chi connectivity index (χ0n) is 10.8. The molecule has 0 bridgehead atoms. The number of amides is 1. The molecule has 0 aliphatic heterocycles. The van der Waals surface area contributed by atoms with Crippen LogP contribution in [0.5, 0.6) is 0 Å². The lowest BCUT2D eigenvalue weighted by Gasteiger charge is -2.07. The first-order valence-corrected chi connectivity index (χ1v) is 6.52. The molecule has 7 heteroatoms. The molecule has 1 aromatic heterocycles. The third kappa shape index (κ3) is 3.05. The van der Waals surface area contributed by atoms with Crippen molar-refractivity contribution in [3.05, 3.63) is 45.7 Å². The average molecular weight is 338 g/mol. The number of nitrogens with zero attached hydrogens (tertiary/aromatic N) is 2. The number of carboxylic acids is 1. The Balaban J connectivity index is 2.28. The highest BCUT2D eigenvalue weighted by molar-refractivity contribution is 9.10. The van der Waals surface area contributed by atoms with Crippen LogP contribution >= 0.6 is 15.9 Å². The summed E-state index contributed by atoms with van der Waals surface area (Å²) in [6.45, 7) is 1.79. The van der Waals surface area contributed by atoms with E-state index in [9.17, 15) is 9.59 Å². The van der Waals surface area contributed by atoms with Gasteiger partial charge in [-0.1, -0.05) is 15.9 Å². The van der Waals surface area contributed by atoms with Gasteiger partial charge in [-0.25, -0.2) is 4.79 Å². The predicted molar refractivity (Wildman–Crippen MR) is 77.0 cm³/mol. The maximum Gasteiger partial charge on any atom is 0.335 e. The fourth-order valence-electron chi connectivity index (χ4n) is 1.80. The second-order valence-electron chi connectivity index (χ2n) is 4.28. The maximum absolute atomic E-state index is 12.1. The molecule has 2 N–H and O–H groups in total. The number of aryl methyl sites for hydroxylation is 2. The molecule has 0 spiro atoms. The number of benzene rings is 1. The topological polar surface area (TPSA) is 84.2 Å². The Morgan fingerprint density at radius 2 is 2.00 bits per heavy atom. The zero-order valence-corrected chi connectivity index (χ0v) is 12.4. The first-order chi connectivity index (χ1) is 9.36. The summed E-state index contributed by atoms with van der Waals surface area (Å²) in [4.78, 5) is 23.1. The van der Waals surface area contributed by atoms with Gasteiger partial charge in [0.05, 0.1) is 11.3 Å². The van der Waals surface area contributed by atoms with Gasteiger partial charge in [0.25, 0.3) is 5.91 Å². The van der Waals surface area contributed by atoms with E-state index in [1.54, 1.807) is 26.1 Å². The Hall–Kier alpha value is -2.15. The Morgan fingerprint density at radius 1 is 1.30 bits per heavy atom. The van der Waals surface area contributed by atoms with E-state index < -0.39 is 5.97 Å². The van der Waals surface area contributed by atoms with Crippen molar-refractivity contribution < 1.29 is 14.7 Å². The molecule has 0 aliphatic carbocycles. The molecule has 0 aliphatic rings. The van der Waals surface area contributed by atoms with Crippen LogP contribution in [0.4, 0.5) is 5.69 Å². The standard InChI is InChI=1S/C13H12BrN3O3/c1-7-3-11(17(2)16-7)12(18)15-10-5-8(13(19)20)4-9(14)6-10/h3-6H,1-2H3,(H,15,18)(H,19,20). The highest BCUT2D eigenvalue weighted by Crippen LogP contribution is 2.20. The van der Waals surface area contributed by atoms with E-state index in [0.717, 1.165) is 5.69 Å². The number of aromatic nitrogens is 2. The van der Waals surface area contributed by atoms with E-state index in [1.807, 2.05) is 0 Å². The van der Waals surface area contributed by atoms with E-state index in [-0.39, 0.29) is 11.5 Å². The molecular weight excluding hydrogens is 326 g/mol. The smallest absolute Gasteiger partial charge is 0.335 e. The largest absolute Gasteiger partial charge is 0.478 e. The number of rotatable bonds is 3. The van der Waals surface area contributed by atoms with Crippen molar-refractivity contribution in [2.24, 2.45) is 7.05 Å². The summed E-state index contributed by atoms with van der Waals surface area (Å²) in [6, 6.07) is 6.15. The molecule has 0 saturated carbocycles. The van der Waals surface area contributed by atoms with Crippen molar-refractivity contribution in [3.8, 4) is 0 Å². The van der Waals surface area contributed by atoms with Crippen LogP contribution in [-0.4, -0.2) is 26.8 Å². The third-order valence-electron chi connectivity index (χ3n) is 2.64. The normalized spacial score (nSPS) is 10.3. The molecule has 2 rings (SSSR count). The van der Waals surface area contributed by atoms with Gasteiger partial charge in [0.15, 0.2) is 0 Å². The molecule has 20 heavy (non-hydrogen) atoms. The first kappa shape index (κ1) is 14.3. The zero-order chi connectivity index (χ0) is 14.9. The lowest BCUT2D eigenvalue weighted by atomic mass is 10.2. The SMILES string of the molecule is Cc1cc(C(=O)Nc2cc(Br)cc(C(=O)O)c2)n(C)n1. The molecule has 1 aromatic carbocycles. The minimum Gasteiger partial charge on any atom is -0.478 e. The van der Waals surface area contributed by atoms with Crippen LogP contribution in [0.3, 0.4) is 0 Å². The Labute approximate surface area is 123 Å². The minimum absolute atomic E-state index is 0.0934. The van der Waals surface area contributed by atoms with Gasteiger partial charge in [0.2, 0.25) is 0 Å². The van der Waals surface area contributed by atoms with E-state index in [4.69, 9.17) is 5.11 Å². The van der Waals surface area contributed by atoms with Gasteiger partial charge in [-0.05, 0) is 31.2 Å². The number of carboxylic acid groups (broad SMARTS) is 1. The van der Waals surface area contributed by atoms with Crippen molar-refractivity contribution in [2.45, 2.75) is 6.92 Å². The van der Waals surface area contributed by atoms with Gasteiger partial charge < -0.3 is 10.4 Å². The quantitative estimate of drug-likeness (QED) is 0.900. The second kappa shape index (κ2) is 5.46. The summed E-state index contributed by atoms with van der Waals surface area (Å²) in [7, 11) is 1.67. The molecule has 0 atom stereocenters. The van der Waals surface area contributed by atoms with Crippen molar-refractivity contribution in [1.29, 1.82) is 0 Å². The van der Waals surface area contributed by atoms with Gasteiger partial charge >= 0.3 is 5.97 Å².